The summed E-state index contributed by atoms with van der Waals surface area (Å²) in [7, 11) is -15.1. The van der Waals surface area contributed by atoms with Crippen LogP contribution >= 0.6 is 23.5 Å². The Hall–Kier alpha value is -1.97. The van der Waals surface area contributed by atoms with Crippen LogP contribution in [0.15, 0.2) is 11.1 Å². The average Bonchev–Trinajstić information content (AvgIpc) is 3.21. The molecule has 0 saturated carbocycles. The Morgan fingerprint density at radius 1 is 1.29 bits per heavy atom. The molecule has 2 unspecified atom stereocenters. The Bertz CT molecular complexity index is 1270. The van der Waals surface area contributed by atoms with Gasteiger partial charge in [-0.25, -0.2) is 23.9 Å². The molecule has 2 aromatic heterocycles. The van der Waals surface area contributed by atoms with E-state index in [4.69, 9.17) is 30.4 Å². The van der Waals surface area contributed by atoms with Gasteiger partial charge in [-0.05, 0) is 5.97 Å². The third-order valence-electron chi connectivity index (χ3n) is 3.78. The van der Waals surface area contributed by atoms with Crippen LogP contribution in [0.25, 0.3) is 11.2 Å². The van der Waals surface area contributed by atoms with E-state index < -0.39 is 54.1 Å². The number of anilines is 1. The number of nitrogens with one attached hydrogen (secondary N) is 1. The summed E-state index contributed by atoms with van der Waals surface area (Å²) >= 11 is 0. The molecule has 0 radical (unpaired) electrons. The third-order valence-corrected chi connectivity index (χ3v) is 7.59. The number of fused-ring (bicyclic) bond motifs is 1. The number of aromatic amines is 1. The van der Waals surface area contributed by atoms with Gasteiger partial charge in [0.1, 0.15) is 12.3 Å². The van der Waals surface area contributed by atoms with Crippen molar-refractivity contribution in [1.29, 1.82) is 5.26 Å². The van der Waals surface area contributed by atoms with E-state index >= 15 is 0 Å². The van der Waals surface area contributed by atoms with Crippen molar-refractivity contribution in [2.24, 2.45) is 0 Å². The normalized spacial score (nSPS) is 23.9. The highest BCUT2D eigenvalue weighted by molar-refractivity contribution is 7.66. The molecule has 1 aliphatic rings. The number of ether oxygens (including phenoxy) is 1. The molecule has 34 heavy (non-hydrogen) atoms. The summed E-state index contributed by atoms with van der Waals surface area (Å²) < 4.78 is 52.1. The van der Waals surface area contributed by atoms with E-state index in [2.05, 4.69) is 28.1 Å². The molecule has 23 heteroatoms. The Morgan fingerprint density at radius 2 is 1.91 bits per heavy atom. The van der Waals surface area contributed by atoms with Crippen LogP contribution in [0.1, 0.15) is 12.6 Å². The summed E-state index contributed by atoms with van der Waals surface area (Å²) in [5.41, 5.74) is 4.89. The van der Waals surface area contributed by atoms with Gasteiger partial charge in [-0.3, -0.25) is 18.9 Å². The summed E-state index contributed by atoms with van der Waals surface area (Å²) in [6.07, 6.45) is -2.36. The smallest absolute Gasteiger partial charge is 0.390 e. The highest BCUT2D eigenvalue weighted by atomic mass is 31.3. The molecule has 19 nitrogen and oxygen atoms in total. The van der Waals surface area contributed by atoms with E-state index in [0.29, 0.717) is 0 Å². The summed E-state index contributed by atoms with van der Waals surface area (Å²) in [6.45, 7) is -0.843. The van der Waals surface area contributed by atoms with Crippen molar-refractivity contribution in [3.63, 3.8) is 0 Å². The number of phosphoric acid groups is 3. The molecular formula is C11H18BN6O13P3. The van der Waals surface area contributed by atoms with E-state index in [1.807, 2.05) is 0 Å². The van der Waals surface area contributed by atoms with Gasteiger partial charge in [0.05, 0.1) is 19.0 Å². The largest absolute Gasteiger partial charge is 0.490 e. The summed E-state index contributed by atoms with van der Waals surface area (Å²) in [4.78, 5) is 57.5. The molecule has 3 rings (SSSR count). The number of aliphatic hydroxyl groups excluding tert-OH is 1. The van der Waals surface area contributed by atoms with Crippen LogP contribution in [0.5, 0.6) is 0 Å². The maximum Gasteiger partial charge on any atom is 0.490 e. The number of aliphatic hydroxyl groups is 1. The lowest BCUT2D eigenvalue weighted by Gasteiger charge is -2.19. The number of nitrogens with zero attached hydrogens (tertiary/aromatic N) is 4. The fourth-order valence-corrected chi connectivity index (χ4v) is 5.69. The average molecular weight is 546 g/mol. The molecule has 2 aromatic rings. The Kier molecular flexibility index (Phi) is 8.94. The lowest BCUT2D eigenvalue weighted by molar-refractivity contribution is -0.0423. The number of hydrogen-bond donors (Lipinski definition) is 7. The molecule has 0 aliphatic carbocycles. The van der Waals surface area contributed by atoms with Crippen LogP contribution in [0, 0.1) is 11.2 Å². The van der Waals surface area contributed by atoms with Crippen LogP contribution in [0.4, 0.5) is 5.95 Å². The quantitative estimate of drug-likeness (QED) is 0.136. The van der Waals surface area contributed by atoms with Crippen molar-refractivity contribution in [3.8, 4) is 5.97 Å². The molecule has 5 atom stereocenters. The predicted molar refractivity (Wildman–Crippen MR) is 111 cm³/mol. The first-order chi connectivity index (χ1) is 15.6. The summed E-state index contributed by atoms with van der Waals surface area (Å²) in [5.74, 6) is 1.56. The fourth-order valence-electron chi connectivity index (χ4n) is 2.66. The second-order valence-electron chi connectivity index (χ2n) is 6.32. The summed E-state index contributed by atoms with van der Waals surface area (Å²) in [6, 6.07) is 0. The van der Waals surface area contributed by atoms with E-state index in [9.17, 15) is 28.5 Å². The van der Waals surface area contributed by atoms with Gasteiger partial charge in [0.25, 0.3) is 5.56 Å². The zero-order chi connectivity index (χ0) is 25.9. The topological polar surface area (TPSA) is 303 Å². The number of phosphoric ester groups is 1. The minimum absolute atomic E-state index is 0.0481. The first-order valence-corrected chi connectivity index (χ1v) is 13.2. The van der Waals surface area contributed by atoms with Crippen LogP contribution in [-0.4, -0.2) is 70.9 Å². The van der Waals surface area contributed by atoms with Crippen LogP contribution < -0.4 is 11.3 Å². The van der Waals surface area contributed by atoms with Gasteiger partial charge >= 0.3 is 23.5 Å². The van der Waals surface area contributed by atoms with Crippen molar-refractivity contribution < 1.29 is 56.3 Å². The first kappa shape index (κ1) is 28.3. The van der Waals surface area contributed by atoms with E-state index in [-0.39, 0.29) is 23.5 Å². The first-order valence-electron chi connectivity index (χ1n) is 8.72. The van der Waals surface area contributed by atoms with Crippen molar-refractivity contribution >= 4 is 48.4 Å². The molecule has 3 heterocycles. The van der Waals surface area contributed by atoms with Gasteiger partial charge in [-0.1, -0.05) is 0 Å². The number of nitriles is 1. The number of imidazole rings is 1. The van der Waals surface area contributed by atoms with Crippen molar-refractivity contribution in [2.75, 3.05) is 12.3 Å². The van der Waals surface area contributed by atoms with Crippen LogP contribution in [0.2, 0.25) is 0 Å². The number of hydrogen-bond acceptors (Lipinski definition) is 13. The molecule has 1 aliphatic heterocycles. The Morgan fingerprint density at radius 3 is 2.50 bits per heavy atom. The predicted octanol–water partition coefficient (Wildman–Crippen LogP) is -2.21. The lowest BCUT2D eigenvalue weighted by Crippen LogP contribution is -2.26. The van der Waals surface area contributed by atoms with E-state index in [1.54, 1.807) is 5.97 Å². The zero-order valence-electron chi connectivity index (χ0n) is 16.9. The molecule has 1 fully saturated rings. The highest BCUT2D eigenvalue weighted by Gasteiger charge is 2.43. The van der Waals surface area contributed by atoms with Gasteiger partial charge in [0, 0.05) is 6.42 Å². The molecule has 188 valence electrons. The number of aromatic nitrogens is 4. The van der Waals surface area contributed by atoms with Crippen molar-refractivity contribution in [3.05, 3.63) is 16.7 Å². The lowest BCUT2D eigenvalue weighted by atomic mass is 10.2. The van der Waals surface area contributed by atoms with E-state index in [1.165, 1.54) is 18.7 Å². The van der Waals surface area contributed by atoms with Gasteiger partial charge in [-0.15, -0.1) is 0 Å². The minimum Gasteiger partial charge on any atom is -0.390 e. The molecule has 0 bridgehead atoms. The van der Waals surface area contributed by atoms with Crippen LogP contribution in [-0.2, 0) is 31.6 Å². The van der Waals surface area contributed by atoms with Gasteiger partial charge < -0.3 is 35.2 Å². The zero-order valence-corrected chi connectivity index (χ0v) is 19.6. The SMILES string of the molecule is BC#N.Nc1nc2c(ncn2[C@H]2C[C@H](O)[C@@H](COP(=O)(O)OP(=O)(O)OP(=O)(O)O)O2)c(=O)[nH]1. The fraction of sp³-hybridized carbons (Fsp3) is 0.455. The number of rotatable bonds is 8. The summed E-state index contributed by atoms with van der Waals surface area (Å²) in [5, 5.41) is 17.4. The Balaban J connectivity index is 0.00000129. The maximum absolute atomic E-state index is 11.8. The number of nitrogens with two attached hydrogens (primary N) is 1. The molecule has 1 saturated heterocycles. The number of nitrogen functional groups attached to an aromatic ring is 1. The maximum atomic E-state index is 11.8. The molecule has 8 N–H and O–H groups in total. The highest BCUT2D eigenvalue weighted by Crippen LogP contribution is 2.66. The standard InChI is InChI=1S/C10H16N5O13P3.CH2BN/c11-10-13-8-7(9(17)14-10)12-3-15(8)6-1-4(16)5(26-6)2-25-30(21,22)28-31(23,24)27-29(18,19)20;2-1-3/h3-6,16H,1-2H2,(H,21,22)(H,23,24)(H2,18,19,20)(H3,11,13,14,17);2H2/t4-,5+,6+;/m0./s1. The van der Waals surface area contributed by atoms with E-state index in [0.717, 1.165) is 0 Å². The van der Waals surface area contributed by atoms with Crippen molar-refractivity contribution in [1.82, 2.24) is 19.5 Å². The Labute approximate surface area is 190 Å². The molecule has 0 amide bonds. The van der Waals surface area contributed by atoms with Gasteiger partial charge in [0.2, 0.25) is 13.8 Å². The van der Waals surface area contributed by atoms with Crippen molar-refractivity contribution in [2.45, 2.75) is 24.9 Å². The molecular weight excluding hydrogens is 528 g/mol. The second-order valence-corrected chi connectivity index (χ2v) is 10.7. The second kappa shape index (κ2) is 10.7. The monoisotopic (exact) mass is 546 g/mol. The number of H-pyrrole nitrogens is 1. The molecule has 0 spiro atoms. The van der Waals surface area contributed by atoms with Gasteiger partial charge in [0.15, 0.2) is 11.2 Å². The van der Waals surface area contributed by atoms with Crippen LogP contribution in [0.3, 0.4) is 0 Å². The molecule has 0 aromatic carbocycles. The van der Waals surface area contributed by atoms with Gasteiger partial charge in [-0.2, -0.15) is 13.6 Å². The minimum atomic E-state index is -5.67. The third kappa shape index (κ3) is 7.78.